The topological polar surface area (TPSA) is 54.9 Å². The minimum Gasteiger partial charge on any atom is -0.454 e. The SMILES string of the molecule is C/C(=N/NC(=S)NCc1ccc2c(c1)OCO2)c1cc(F)ccc1F. The molecule has 2 aromatic carbocycles. The Morgan fingerprint density at radius 3 is 2.80 bits per heavy atom. The number of rotatable bonds is 4. The van der Waals surface area contributed by atoms with Crippen molar-refractivity contribution in [2.45, 2.75) is 13.5 Å². The molecular formula is C17H15F2N3O2S. The van der Waals surface area contributed by atoms with Gasteiger partial charge in [-0.05, 0) is 55.0 Å². The summed E-state index contributed by atoms with van der Waals surface area (Å²) in [6, 6.07) is 8.76. The average molecular weight is 363 g/mol. The van der Waals surface area contributed by atoms with Crippen LogP contribution in [0.15, 0.2) is 41.5 Å². The molecule has 1 heterocycles. The molecule has 0 fully saturated rings. The maximum atomic E-state index is 13.7. The van der Waals surface area contributed by atoms with Gasteiger partial charge in [-0.1, -0.05) is 6.07 Å². The summed E-state index contributed by atoms with van der Waals surface area (Å²) in [5, 5.41) is 7.21. The van der Waals surface area contributed by atoms with Gasteiger partial charge in [0.25, 0.3) is 0 Å². The Morgan fingerprint density at radius 1 is 1.16 bits per heavy atom. The number of benzene rings is 2. The number of hydrogen-bond acceptors (Lipinski definition) is 4. The molecule has 130 valence electrons. The van der Waals surface area contributed by atoms with Crippen LogP contribution in [-0.2, 0) is 6.54 Å². The van der Waals surface area contributed by atoms with Crippen LogP contribution in [0.2, 0.25) is 0 Å². The van der Waals surface area contributed by atoms with Gasteiger partial charge in [-0.3, -0.25) is 5.43 Å². The third kappa shape index (κ3) is 4.21. The first-order valence-corrected chi connectivity index (χ1v) is 7.86. The molecule has 0 saturated carbocycles. The number of hydrazone groups is 1. The highest BCUT2D eigenvalue weighted by molar-refractivity contribution is 7.80. The molecule has 0 atom stereocenters. The van der Waals surface area contributed by atoms with Gasteiger partial charge in [0.1, 0.15) is 11.6 Å². The van der Waals surface area contributed by atoms with Crippen LogP contribution in [0.25, 0.3) is 0 Å². The molecule has 1 aliphatic rings. The first-order chi connectivity index (χ1) is 12.0. The Labute approximate surface area is 148 Å². The highest BCUT2D eigenvalue weighted by Gasteiger charge is 2.13. The number of ether oxygens (including phenoxy) is 2. The van der Waals surface area contributed by atoms with Gasteiger partial charge in [-0.15, -0.1) is 0 Å². The minimum atomic E-state index is -0.552. The van der Waals surface area contributed by atoms with Crippen molar-refractivity contribution >= 4 is 23.0 Å². The van der Waals surface area contributed by atoms with Crippen molar-refractivity contribution < 1.29 is 18.3 Å². The van der Waals surface area contributed by atoms with E-state index in [-0.39, 0.29) is 23.2 Å². The van der Waals surface area contributed by atoms with Gasteiger partial charge in [0.15, 0.2) is 16.6 Å². The zero-order valence-electron chi connectivity index (χ0n) is 13.3. The summed E-state index contributed by atoms with van der Waals surface area (Å²) in [6.07, 6.45) is 0. The first-order valence-electron chi connectivity index (χ1n) is 7.45. The van der Waals surface area contributed by atoms with Crippen LogP contribution in [-0.4, -0.2) is 17.6 Å². The van der Waals surface area contributed by atoms with Crippen molar-refractivity contribution in [3.05, 3.63) is 59.2 Å². The number of thiocarbonyl (C=S) groups is 1. The summed E-state index contributed by atoms with van der Waals surface area (Å²) in [7, 11) is 0. The average Bonchev–Trinajstić information content (AvgIpc) is 3.07. The molecule has 1 aliphatic heterocycles. The van der Waals surface area contributed by atoms with Crippen molar-refractivity contribution in [1.29, 1.82) is 0 Å². The molecule has 25 heavy (non-hydrogen) atoms. The predicted molar refractivity (Wildman–Crippen MR) is 93.7 cm³/mol. The van der Waals surface area contributed by atoms with E-state index in [0.717, 1.165) is 23.8 Å². The van der Waals surface area contributed by atoms with Gasteiger partial charge in [-0.2, -0.15) is 5.10 Å². The molecule has 0 spiro atoms. The first kappa shape index (κ1) is 17.1. The normalized spacial score (nSPS) is 12.8. The lowest BCUT2D eigenvalue weighted by Gasteiger charge is -2.09. The molecule has 0 unspecified atom stereocenters. The summed E-state index contributed by atoms with van der Waals surface area (Å²) in [6.45, 7) is 2.23. The number of hydrogen-bond donors (Lipinski definition) is 2. The van der Waals surface area contributed by atoms with Crippen molar-refractivity contribution in [3.8, 4) is 11.5 Å². The second-order valence-electron chi connectivity index (χ2n) is 5.30. The van der Waals surface area contributed by atoms with Crippen molar-refractivity contribution in [1.82, 2.24) is 10.7 Å². The zero-order chi connectivity index (χ0) is 17.8. The van der Waals surface area contributed by atoms with E-state index in [0.29, 0.717) is 18.0 Å². The van der Waals surface area contributed by atoms with E-state index < -0.39 is 11.6 Å². The summed E-state index contributed by atoms with van der Waals surface area (Å²) < 4.78 is 37.4. The minimum absolute atomic E-state index is 0.0751. The quantitative estimate of drug-likeness (QED) is 0.497. The summed E-state index contributed by atoms with van der Waals surface area (Å²) >= 11 is 5.13. The summed E-state index contributed by atoms with van der Waals surface area (Å²) in [4.78, 5) is 0. The smallest absolute Gasteiger partial charge is 0.231 e. The van der Waals surface area contributed by atoms with Gasteiger partial charge in [0.05, 0.1) is 5.71 Å². The van der Waals surface area contributed by atoms with E-state index in [9.17, 15) is 8.78 Å². The van der Waals surface area contributed by atoms with Crippen LogP contribution in [0, 0.1) is 11.6 Å². The molecule has 2 aromatic rings. The molecule has 0 aromatic heterocycles. The predicted octanol–water partition coefficient (Wildman–Crippen LogP) is 3.08. The Kier molecular flexibility index (Phi) is 5.08. The molecule has 2 N–H and O–H groups in total. The van der Waals surface area contributed by atoms with Crippen molar-refractivity contribution in [2.75, 3.05) is 6.79 Å². The summed E-state index contributed by atoms with van der Waals surface area (Å²) in [5.74, 6) is 0.313. The highest BCUT2D eigenvalue weighted by Crippen LogP contribution is 2.32. The Morgan fingerprint density at radius 2 is 1.96 bits per heavy atom. The fraction of sp³-hybridized carbons (Fsp3) is 0.176. The second kappa shape index (κ2) is 7.43. The van der Waals surface area contributed by atoms with E-state index in [1.54, 1.807) is 6.92 Å². The van der Waals surface area contributed by atoms with E-state index in [1.807, 2.05) is 18.2 Å². The van der Waals surface area contributed by atoms with Gasteiger partial charge in [-0.25, -0.2) is 8.78 Å². The van der Waals surface area contributed by atoms with Gasteiger partial charge < -0.3 is 14.8 Å². The fourth-order valence-corrected chi connectivity index (χ4v) is 2.36. The molecular weight excluding hydrogens is 348 g/mol. The molecule has 5 nitrogen and oxygen atoms in total. The van der Waals surface area contributed by atoms with E-state index in [2.05, 4.69) is 15.8 Å². The molecule has 0 bridgehead atoms. The zero-order valence-corrected chi connectivity index (χ0v) is 14.1. The second-order valence-corrected chi connectivity index (χ2v) is 5.71. The molecule has 0 amide bonds. The Bertz CT molecular complexity index is 843. The molecule has 0 aliphatic carbocycles. The van der Waals surface area contributed by atoms with Crippen LogP contribution in [0.1, 0.15) is 18.1 Å². The van der Waals surface area contributed by atoms with E-state index in [1.165, 1.54) is 0 Å². The van der Waals surface area contributed by atoms with Gasteiger partial charge in [0.2, 0.25) is 6.79 Å². The number of fused-ring (bicyclic) bond motifs is 1. The Hall–Kier alpha value is -2.74. The lowest BCUT2D eigenvalue weighted by atomic mass is 10.1. The fourth-order valence-electron chi connectivity index (χ4n) is 2.24. The number of halogens is 2. The summed E-state index contributed by atoms with van der Waals surface area (Å²) in [5.41, 5.74) is 3.92. The van der Waals surface area contributed by atoms with Gasteiger partial charge in [0, 0.05) is 12.1 Å². The van der Waals surface area contributed by atoms with Gasteiger partial charge >= 0.3 is 0 Å². The largest absolute Gasteiger partial charge is 0.454 e. The van der Waals surface area contributed by atoms with Crippen LogP contribution < -0.4 is 20.2 Å². The maximum Gasteiger partial charge on any atom is 0.231 e. The van der Waals surface area contributed by atoms with Crippen LogP contribution in [0.5, 0.6) is 11.5 Å². The highest BCUT2D eigenvalue weighted by atomic mass is 32.1. The third-order valence-electron chi connectivity index (χ3n) is 3.53. The number of nitrogens with one attached hydrogen (secondary N) is 2. The molecule has 3 rings (SSSR count). The lowest BCUT2D eigenvalue weighted by molar-refractivity contribution is 0.174. The number of nitrogens with zero attached hydrogens (tertiary/aromatic N) is 1. The van der Waals surface area contributed by atoms with Crippen LogP contribution in [0.4, 0.5) is 8.78 Å². The molecule has 8 heteroatoms. The monoisotopic (exact) mass is 363 g/mol. The molecule has 0 saturated heterocycles. The maximum absolute atomic E-state index is 13.7. The van der Waals surface area contributed by atoms with Crippen LogP contribution >= 0.6 is 12.2 Å². The molecule has 0 radical (unpaired) electrons. The van der Waals surface area contributed by atoms with Crippen molar-refractivity contribution in [2.24, 2.45) is 5.10 Å². The van der Waals surface area contributed by atoms with Crippen molar-refractivity contribution in [3.63, 3.8) is 0 Å². The van der Waals surface area contributed by atoms with E-state index >= 15 is 0 Å². The third-order valence-corrected chi connectivity index (χ3v) is 3.77. The van der Waals surface area contributed by atoms with E-state index in [4.69, 9.17) is 21.7 Å². The Balaban J connectivity index is 1.56. The van der Waals surface area contributed by atoms with Crippen LogP contribution in [0.3, 0.4) is 0 Å². The standard InChI is InChI=1S/C17H15F2N3O2S/c1-10(13-7-12(18)3-4-14(13)19)21-22-17(25)20-8-11-2-5-15-16(6-11)24-9-23-15/h2-7H,8-9H2,1H3,(H2,20,22,25)/b21-10-. The lowest BCUT2D eigenvalue weighted by Crippen LogP contribution is -2.32.